The summed E-state index contributed by atoms with van der Waals surface area (Å²) < 4.78 is 6.41. The van der Waals surface area contributed by atoms with E-state index in [9.17, 15) is 9.59 Å². The van der Waals surface area contributed by atoms with Gasteiger partial charge >= 0.3 is 6.09 Å². The fourth-order valence-corrected chi connectivity index (χ4v) is 1.06. The topological polar surface area (TPSA) is 73.2 Å². The van der Waals surface area contributed by atoms with Crippen molar-refractivity contribution in [2.24, 2.45) is 7.05 Å². The summed E-state index contributed by atoms with van der Waals surface area (Å²) in [5, 5.41) is 6.37. The van der Waals surface area contributed by atoms with Crippen molar-refractivity contribution < 1.29 is 14.3 Å². The lowest BCUT2D eigenvalue weighted by atomic mass is 10.2. The molecule has 16 heavy (non-hydrogen) atoms. The smallest absolute Gasteiger partial charge is 0.413 e. The molecule has 88 valence electrons. The van der Waals surface area contributed by atoms with Crippen molar-refractivity contribution >= 4 is 18.2 Å². The van der Waals surface area contributed by atoms with Gasteiger partial charge in [-0.1, -0.05) is 0 Å². The molecule has 0 fully saturated rings. The number of hydrogen-bond donors (Lipinski definition) is 1. The Morgan fingerprint density at radius 2 is 2.19 bits per heavy atom. The van der Waals surface area contributed by atoms with E-state index in [0.29, 0.717) is 17.8 Å². The molecule has 1 aromatic rings. The number of ether oxygens (including phenoxy) is 1. The van der Waals surface area contributed by atoms with Crippen LogP contribution >= 0.6 is 0 Å². The first-order valence-electron chi connectivity index (χ1n) is 4.81. The summed E-state index contributed by atoms with van der Waals surface area (Å²) in [5.74, 6) is 0.291. The van der Waals surface area contributed by atoms with Crippen LogP contribution in [0.3, 0.4) is 0 Å². The van der Waals surface area contributed by atoms with Gasteiger partial charge in [0, 0.05) is 13.1 Å². The SMILES string of the molecule is Cn1nc(NC(=O)OC(C)(C)C)cc1C=O. The summed E-state index contributed by atoms with van der Waals surface area (Å²) in [5.41, 5.74) is -0.183. The molecule has 0 radical (unpaired) electrons. The highest BCUT2D eigenvalue weighted by Gasteiger charge is 2.17. The lowest BCUT2D eigenvalue weighted by Gasteiger charge is -2.18. The second kappa shape index (κ2) is 4.34. The van der Waals surface area contributed by atoms with Gasteiger partial charge in [-0.3, -0.25) is 14.8 Å². The van der Waals surface area contributed by atoms with Crippen molar-refractivity contribution in [3.8, 4) is 0 Å². The third-order valence-corrected chi connectivity index (χ3v) is 1.67. The average molecular weight is 225 g/mol. The van der Waals surface area contributed by atoms with Crippen LogP contribution in [0.2, 0.25) is 0 Å². The number of rotatable bonds is 2. The van der Waals surface area contributed by atoms with Crippen LogP contribution in [-0.4, -0.2) is 27.8 Å². The Kier molecular flexibility index (Phi) is 3.31. The Morgan fingerprint density at radius 3 is 2.62 bits per heavy atom. The normalized spacial score (nSPS) is 11.0. The van der Waals surface area contributed by atoms with Crippen LogP contribution in [0, 0.1) is 0 Å². The van der Waals surface area contributed by atoms with Crippen molar-refractivity contribution in [3.63, 3.8) is 0 Å². The number of carbonyl (C=O) groups is 2. The first kappa shape index (κ1) is 12.2. The molecule has 0 aromatic carbocycles. The highest BCUT2D eigenvalue weighted by atomic mass is 16.6. The lowest BCUT2D eigenvalue weighted by molar-refractivity contribution is 0.0635. The largest absolute Gasteiger partial charge is 0.444 e. The van der Waals surface area contributed by atoms with Gasteiger partial charge in [-0.15, -0.1) is 0 Å². The minimum Gasteiger partial charge on any atom is -0.444 e. The van der Waals surface area contributed by atoms with E-state index in [2.05, 4.69) is 10.4 Å². The van der Waals surface area contributed by atoms with E-state index >= 15 is 0 Å². The Bertz CT molecular complexity index is 404. The minimum atomic E-state index is -0.594. The number of aldehydes is 1. The number of carbonyl (C=O) groups excluding carboxylic acids is 2. The van der Waals surface area contributed by atoms with Gasteiger partial charge in [0.2, 0.25) is 0 Å². The molecule has 0 saturated carbocycles. The predicted molar refractivity (Wildman–Crippen MR) is 58.5 cm³/mol. The standard InChI is InChI=1S/C10H15N3O3/c1-10(2,3)16-9(15)11-8-5-7(6-14)13(4)12-8/h5-6H,1-4H3,(H,11,12,15). The predicted octanol–water partition coefficient (Wildman–Crippen LogP) is 1.58. The monoisotopic (exact) mass is 225 g/mol. The van der Waals surface area contributed by atoms with E-state index < -0.39 is 11.7 Å². The zero-order chi connectivity index (χ0) is 12.3. The van der Waals surface area contributed by atoms with Crippen LogP contribution in [0.25, 0.3) is 0 Å². The molecule has 1 rings (SSSR count). The molecular weight excluding hydrogens is 210 g/mol. The van der Waals surface area contributed by atoms with Gasteiger partial charge in [-0.05, 0) is 20.8 Å². The molecule has 1 heterocycles. The molecule has 6 heteroatoms. The molecule has 0 spiro atoms. The van der Waals surface area contributed by atoms with Gasteiger partial charge in [0.15, 0.2) is 12.1 Å². The summed E-state index contributed by atoms with van der Waals surface area (Å²) in [6.07, 6.45) is 0.0656. The van der Waals surface area contributed by atoms with Gasteiger partial charge in [-0.2, -0.15) is 5.10 Å². The van der Waals surface area contributed by atoms with E-state index in [0.717, 1.165) is 0 Å². The molecule has 6 nitrogen and oxygen atoms in total. The van der Waals surface area contributed by atoms with E-state index in [1.807, 2.05) is 0 Å². The number of nitrogens with one attached hydrogen (secondary N) is 1. The van der Waals surface area contributed by atoms with E-state index in [-0.39, 0.29) is 0 Å². The first-order valence-corrected chi connectivity index (χ1v) is 4.81. The molecule has 0 unspecified atom stereocenters. The molecule has 1 N–H and O–H groups in total. The highest BCUT2D eigenvalue weighted by Crippen LogP contribution is 2.11. The lowest BCUT2D eigenvalue weighted by Crippen LogP contribution is -2.27. The van der Waals surface area contributed by atoms with Crippen molar-refractivity contribution in [2.75, 3.05) is 5.32 Å². The fraction of sp³-hybridized carbons (Fsp3) is 0.500. The second-order valence-corrected chi connectivity index (χ2v) is 4.32. The van der Waals surface area contributed by atoms with Crippen LogP contribution in [0.4, 0.5) is 10.6 Å². The van der Waals surface area contributed by atoms with Crippen molar-refractivity contribution in [1.29, 1.82) is 0 Å². The molecule has 0 aliphatic heterocycles. The Labute approximate surface area is 93.6 Å². The van der Waals surface area contributed by atoms with E-state index in [4.69, 9.17) is 4.74 Å². The fourth-order valence-electron chi connectivity index (χ4n) is 1.06. The Morgan fingerprint density at radius 1 is 1.56 bits per heavy atom. The van der Waals surface area contributed by atoms with E-state index in [1.165, 1.54) is 10.7 Å². The molecule has 1 aromatic heterocycles. The summed E-state index contributed by atoms with van der Waals surface area (Å²) >= 11 is 0. The molecule has 0 atom stereocenters. The molecule has 0 bridgehead atoms. The number of nitrogens with zero attached hydrogens (tertiary/aromatic N) is 2. The van der Waals surface area contributed by atoms with Crippen LogP contribution < -0.4 is 5.32 Å². The van der Waals surface area contributed by atoms with Gasteiger partial charge in [0.05, 0.1) is 0 Å². The summed E-state index contributed by atoms with van der Waals surface area (Å²) in [6, 6.07) is 1.47. The van der Waals surface area contributed by atoms with Crippen LogP contribution in [0.5, 0.6) is 0 Å². The van der Waals surface area contributed by atoms with Gasteiger partial charge in [0.25, 0.3) is 0 Å². The van der Waals surface area contributed by atoms with Crippen molar-refractivity contribution in [3.05, 3.63) is 11.8 Å². The van der Waals surface area contributed by atoms with Crippen molar-refractivity contribution in [1.82, 2.24) is 9.78 Å². The maximum atomic E-state index is 11.4. The zero-order valence-electron chi connectivity index (χ0n) is 9.77. The Hall–Kier alpha value is -1.85. The molecule has 0 aliphatic rings. The average Bonchev–Trinajstić information content (AvgIpc) is 2.42. The first-order chi connectivity index (χ1) is 7.31. The van der Waals surface area contributed by atoms with Gasteiger partial charge < -0.3 is 4.74 Å². The molecule has 0 aliphatic carbocycles. The third kappa shape index (κ3) is 3.38. The number of anilines is 1. The minimum absolute atomic E-state index is 0.291. The molecule has 1 amide bonds. The van der Waals surface area contributed by atoms with Crippen molar-refractivity contribution in [2.45, 2.75) is 26.4 Å². The van der Waals surface area contributed by atoms with E-state index in [1.54, 1.807) is 27.8 Å². The quantitative estimate of drug-likeness (QED) is 0.775. The van der Waals surface area contributed by atoms with Crippen LogP contribution in [-0.2, 0) is 11.8 Å². The van der Waals surface area contributed by atoms with Gasteiger partial charge in [-0.25, -0.2) is 4.79 Å². The molecular formula is C10H15N3O3. The van der Waals surface area contributed by atoms with Gasteiger partial charge in [0.1, 0.15) is 11.3 Å². The maximum Gasteiger partial charge on any atom is 0.413 e. The van der Waals surface area contributed by atoms with Crippen LogP contribution in [0.1, 0.15) is 31.3 Å². The third-order valence-electron chi connectivity index (χ3n) is 1.67. The summed E-state index contributed by atoms with van der Waals surface area (Å²) in [6.45, 7) is 5.30. The second-order valence-electron chi connectivity index (χ2n) is 4.32. The highest BCUT2D eigenvalue weighted by molar-refractivity contribution is 5.85. The zero-order valence-corrected chi connectivity index (χ0v) is 9.77. The summed E-state index contributed by atoms with van der Waals surface area (Å²) in [7, 11) is 1.62. The number of amides is 1. The maximum absolute atomic E-state index is 11.4. The van der Waals surface area contributed by atoms with Crippen LogP contribution in [0.15, 0.2) is 6.07 Å². The number of aromatic nitrogens is 2. The number of aryl methyl sites for hydroxylation is 1. The number of hydrogen-bond acceptors (Lipinski definition) is 4. The Balaban J connectivity index is 2.66. The summed E-state index contributed by atoms with van der Waals surface area (Å²) in [4.78, 5) is 21.9. The molecule has 0 saturated heterocycles.